The molecular weight excluding hydrogens is 293 g/mol. The third-order valence-electron chi connectivity index (χ3n) is 3.56. The van der Waals surface area contributed by atoms with Crippen molar-refractivity contribution in [3.05, 3.63) is 51.8 Å². The Balaban J connectivity index is 1.97. The van der Waals surface area contributed by atoms with Crippen molar-refractivity contribution < 1.29 is 0 Å². The molecule has 1 aromatic carbocycles. The highest BCUT2D eigenvalue weighted by Crippen LogP contribution is 2.31. The zero-order chi connectivity index (χ0) is 14.1. The molecule has 1 aromatic heterocycles. The standard InChI is InChI=1S/C15H15Cl2N3/c1-20-6-5-10-3-2-4-13(11(10)9-20)19-14-7-15(17)18-8-12(14)16/h2-4,7-8H,5-6,9H2,1H3,(H,18,19). The van der Waals surface area contributed by atoms with Crippen LogP contribution in [0.15, 0.2) is 30.5 Å². The highest BCUT2D eigenvalue weighted by molar-refractivity contribution is 6.34. The van der Waals surface area contributed by atoms with Gasteiger partial charge in [-0.3, -0.25) is 0 Å². The minimum atomic E-state index is 0.429. The second-order valence-electron chi connectivity index (χ2n) is 5.04. The van der Waals surface area contributed by atoms with Gasteiger partial charge in [0.15, 0.2) is 0 Å². The van der Waals surface area contributed by atoms with E-state index in [0.717, 1.165) is 30.9 Å². The predicted molar refractivity (Wildman–Crippen MR) is 84.0 cm³/mol. The molecule has 0 bridgehead atoms. The fraction of sp³-hybridized carbons (Fsp3) is 0.267. The molecule has 0 saturated carbocycles. The second-order valence-corrected chi connectivity index (χ2v) is 5.84. The highest BCUT2D eigenvalue weighted by Gasteiger charge is 2.16. The van der Waals surface area contributed by atoms with Crippen molar-refractivity contribution >= 4 is 34.6 Å². The van der Waals surface area contributed by atoms with Crippen molar-refractivity contribution in [2.45, 2.75) is 13.0 Å². The summed E-state index contributed by atoms with van der Waals surface area (Å²) in [4.78, 5) is 6.28. The average Bonchev–Trinajstić information content (AvgIpc) is 2.43. The number of hydrogen-bond donors (Lipinski definition) is 1. The summed E-state index contributed by atoms with van der Waals surface area (Å²) < 4.78 is 0. The van der Waals surface area contributed by atoms with Crippen molar-refractivity contribution in [2.75, 3.05) is 18.9 Å². The summed E-state index contributed by atoms with van der Waals surface area (Å²) in [5.41, 5.74) is 4.58. The van der Waals surface area contributed by atoms with Crippen LogP contribution in [0.1, 0.15) is 11.1 Å². The summed E-state index contributed by atoms with van der Waals surface area (Å²) in [5, 5.41) is 4.37. The normalized spacial score (nSPS) is 14.9. The Hall–Kier alpha value is -1.29. The molecule has 0 radical (unpaired) electrons. The van der Waals surface area contributed by atoms with Crippen LogP contribution in [0.2, 0.25) is 10.2 Å². The molecule has 0 fully saturated rings. The van der Waals surface area contributed by atoms with Crippen molar-refractivity contribution in [2.24, 2.45) is 0 Å². The first-order chi connectivity index (χ1) is 9.63. The quantitative estimate of drug-likeness (QED) is 0.846. The minimum absolute atomic E-state index is 0.429. The predicted octanol–water partition coefficient (Wildman–Crippen LogP) is 4.12. The number of anilines is 2. The molecule has 104 valence electrons. The van der Waals surface area contributed by atoms with Crippen LogP contribution < -0.4 is 5.32 Å². The Morgan fingerprint density at radius 1 is 1.25 bits per heavy atom. The van der Waals surface area contributed by atoms with Crippen LogP contribution in [-0.2, 0) is 13.0 Å². The lowest BCUT2D eigenvalue weighted by atomic mass is 9.98. The zero-order valence-corrected chi connectivity index (χ0v) is 12.7. The lowest BCUT2D eigenvalue weighted by Crippen LogP contribution is -2.27. The maximum Gasteiger partial charge on any atom is 0.131 e. The van der Waals surface area contributed by atoms with E-state index >= 15 is 0 Å². The van der Waals surface area contributed by atoms with Gasteiger partial charge in [0.25, 0.3) is 0 Å². The van der Waals surface area contributed by atoms with Gasteiger partial charge in [0.05, 0.1) is 10.7 Å². The molecule has 0 saturated heterocycles. The Morgan fingerprint density at radius 2 is 2.10 bits per heavy atom. The molecule has 0 unspecified atom stereocenters. The molecule has 20 heavy (non-hydrogen) atoms. The Morgan fingerprint density at radius 3 is 2.95 bits per heavy atom. The molecule has 1 aliphatic rings. The molecule has 0 amide bonds. The summed E-state index contributed by atoms with van der Waals surface area (Å²) in [7, 11) is 2.13. The summed E-state index contributed by atoms with van der Waals surface area (Å²) in [6.07, 6.45) is 2.64. The van der Waals surface area contributed by atoms with E-state index in [1.165, 1.54) is 11.1 Å². The molecular formula is C15H15Cl2N3. The molecule has 5 heteroatoms. The first-order valence-electron chi connectivity index (χ1n) is 6.51. The fourth-order valence-electron chi connectivity index (χ4n) is 2.49. The topological polar surface area (TPSA) is 28.2 Å². The number of hydrogen-bond acceptors (Lipinski definition) is 3. The van der Waals surface area contributed by atoms with Gasteiger partial charge in [0.2, 0.25) is 0 Å². The lowest BCUT2D eigenvalue weighted by Gasteiger charge is -2.27. The maximum atomic E-state index is 6.16. The van der Waals surface area contributed by atoms with Crippen LogP contribution in [0, 0.1) is 0 Å². The number of likely N-dealkylation sites (N-methyl/N-ethyl adjacent to an activating group) is 1. The van der Waals surface area contributed by atoms with Gasteiger partial charge in [-0.05, 0) is 30.7 Å². The third-order valence-corrected chi connectivity index (χ3v) is 4.06. The Kier molecular flexibility index (Phi) is 3.83. The van der Waals surface area contributed by atoms with Crippen LogP contribution >= 0.6 is 23.2 Å². The molecule has 1 N–H and O–H groups in total. The molecule has 0 atom stereocenters. The van der Waals surface area contributed by atoms with E-state index in [2.05, 4.69) is 40.4 Å². The number of nitrogens with one attached hydrogen (secondary N) is 1. The smallest absolute Gasteiger partial charge is 0.131 e. The van der Waals surface area contributed by atoms with E-state index in [1.54, 1.807) is 12.3 Å². The van der Waals surface area contributed by atoms with Crippen LogP contribution in [0.25, 0.3) is 0 Å². The van der Waals surface area contributed by atoms with Gasteiger partial charge < -0.3 is 10.2 Å². The van der Waals surface area contributed by atoms with Gasteiger partial charge in [-0.2, -0.15) is 0 Å². The Labute approximate surface area is 128 Å². The van der Waals surface area contributed by atoms with E-state index in [0.29, 0.717) is 10.2 Å². The van der Waals surface area contributed by atoms with Crippen LogP contribution in [-0.4, -0.2) is 23.5 Å². The summed E-state index contributed by atoms with van der Waals surface area (Å²) in [6, 6.07) is 8.08. The summed E-state index contributed by atoms with van der Waals surface area (Å²) in [6.45, 7) is 2.03. The molecule has 0 spiro atoms. The number of nitrogens with zero attached hydrogens (tertiary/aromatic N) is 2. The van der Waals surface area contributed by atoms with Crippen LogP contribution in [0.5, 0.6) is 0 Å². The number of aromatic nitrogens is 1. The Bertz CT molecular complexity index is 643. The van der Waals surface area contributed by atoms with Gasteiger partial charge in [0, 0.05) is 31.0 Å². The van der Waals surface area contributed by atoms with Gasteiger partial charge in [-0.25, -0.2) is 4.98 Å². The highest BCUT2D eigenvalue weighted by atomic mass is 35.5. The van der Waals surface area contributed by atoms with Gasteiger partial charge in [-0.1, -0.05) is 35.3 Å². The third kappa shape index (κ3) is 2.75. The van der Waals surface area contributed by atoms with E-state index in [1.807, 2.05) is 0 Å². The first-order valence-corrected chi connectivity index (χ1v) is 7.26. The minimum Gasteiger partial charge on any atom is -0.354 e. The summed E-state index contributed by atoms with van der Waals surface area (Å²) in [5.74, 6) is 0. The molecule has 3 rings (SSSR count). The van der Waals surface area contributed by atoms with Gasteiger partial charge in [-0.15, -0.1) is 0 Å². The van der Waals surface area contributed by atoms with Crippen LogP contribution in [0.3, 0.4) is 0 Å². The maximum absolute atomic E-state index is 6.16. The van der Waals surface area contributed by atoms with Crippen molar-refractivity contribution in [1.82, 2.24) is 9.88 Å². The zero-order valence-electron chi connectivity index (χ0n) is 11.2. The average molecular weight is 308 g/mol. The van der Waals surface area contributed by atoms with Gasteiger partial charge >= 0.3 is 0 Å². The van der Waals surface area contributed by atoms with Crippen LogP contribution in [0.4, 0.5) is 11.4 Å². The lowest BCUT2D eigenvalue weighted by molar-refractivity contribution is 0.313. The van der Waals surface area contributed by atoms with Crippen molar-refractivity contribution in [3.63, 3.8) is 0 Å². The second kappa shape index (κ2) is 5.60. The number of rotatable bonds is 2. The van der Waals surface area contributed by atoms with Crippen molar-refractivity contribution in [3.8, 4) is 0 Å². The largest absolute Gasteiger partial charge is 0.354 e. The molecule has 0 aliphatic carbocycles. The van der Waals surface area contributed by atoms with E-state index < -0.39 is 0 Å². The van der Waals surface area contributed by atoms with E-state index in [-0.39, 0.29) is 0 Å². The summed E-state index contributed by atoms with van der Waals surface area (Å²) >= 11 is 12.1. The molecule has 3 nitrogen and oxygen atoms in total. The number of pyridine rings is 1. The first kappa shape index (κ1) is 13.7. The monoisotopic (exact) mass is 307 g/mol. The number of fused-ring (bicyclic) bond motifs is 1. The number of halogens is 2. The van der Waals surface area contributed by atoms with Crippen molar-refractivity contribution in [1.29, 1.82) is 0 Å². The number of benzene rings is 1. The molecule has 2 heterocycles. The van der Waals surface area contributed by atoms with E-state index in [4.69, 9.17) is 23.2 Å². The molecule has 1 aliphatic heterocycles. The SMILES string of the molecule is CN1CCc2cccc(Nc3cc(Cl)ncc3Cl)c2C1. The van der Waals surface area contributed by atoms with E-state index in [9.17, 15) is 0 Å². The van der Waals surface area contributed by atoms with Gasteiger partial charge in [0.1, 0.15) is 5.15 Å². The molecule has 2 aromatic rings. The fourth-order valence-corrected chi connectivity index (χ4v) is 2.80.